The van der Waals surface area contributed by atoms with Crippen molar-refractivity contribution in [3.8, 4) is 17.1 Å². The van der Waals surface area contributed by atoms with Crippen molar-refractivity contribution in [2.24, 2.45) is 0 Å². The highest BCUT2D eigenvalue weighted by molar-refractivity contribution is 6.30. The van der Waals surface area contributed by atoms with Crippen molar-refractivity contribution in [2.45, 2.75) is 0 Å². The molecule has 0 saturated heterocycles. The number of rotatable bonds is 3. The largest absolute Gasteiger partial charge is 0.496 e. The van der Waals surface area contributed by atoms with Crippen molar-refractivity contribution < 1.29 is 4.74 Å². The second-order valence-corrected chi connectivity index (χ2v) is 4.68. The zero-order valence-electron chi connectivity index (χ0n) is 11.1. The zero-order chi connectivity index (χ0) is 14.1. The van der Waals surface area contributed by atoms with Crippen LogP contribution in [0.15, 0.2) is 30.3 Å². The maximum Gasteiger partial charge on any atom is 0.180 e. The average Bonchev–Trinajstić information content (AvgIpc) is 2.89. The number of H-pyrrole nitrogens is 1. The monoisotopic (exact) mass is 288 g/mol. The van der Waals surface area contributed by atoms with E-state index in [2.05, 4.69) is 20.3 Å². The Morgan fingerprint density at radius 1 is 1.20 bits per heavy atom. The smallest absolute Gasteiger partial charge is 0.180 e. The van der Waals surface area contributed by atoms with Crippen molar-refractivity contribution in [3.05, 3.63) is 35.4 Å². The van der Waals surface area contributed by atoms with Crippen molar-refractivity contribution in [1.82, 2.24) is 15.0 Å². The van der Waals surface area contributed by atoms with Crippen LogP contribution in [0.5, 0.6) is 5.75 Å². The molecule has 6 heteroatoms. The summed E-state index contributed by atoms with van der Waals surface area (Å²) in [6.07, 6.45) is 0. The second-order valence-electron chi connectivity index (χ2n) is 4.25. The lowest BCUT2D eigenvalue weighted by Crippen LogP contribution is -1.91. The molecule has 0 fully saturated rings. The van der Waals surface area contributed by atoms with E-state index in [-0.39, 0.29) is 0 Å². The Balaban J connectivity index is 2.14. The number of pyridine rings is 1. The number of nitrogens with zero attached hydrogens (tertiary/aromatic N) is 2. The van der Waals surface area contributed by atoms with Gasteiger partial charge in [-0.2, -0.15) is 0 Å². The van der Waals surface area contributed by atoms with Crippen LogP contribution < -0.4 is 10.1 Å². The SMILES string of the molecule is CNc1ccc2[nH]c(-c3ccc(Cl)cc3OC)nc2n1. The first-order valence-corrected chi connectivity index (χ1v) is 6.47. The summed E-state index contributed by atoms with van der Waals surface area (Å²) in [5.74, 6) is 2.15. The van der Waals surface area contributed by atoms with Crippen LogP contribution in [-0.2, 0) is 0 Å². The number of methoxy groups -OCH3 is 1. The van der Waals surface area contributed by atoms with Gasteiger partial charge in [0.05, 0.1) is 18.2 Å². The Hall–Kier alpha value is -2.27. The summed E-state index contributed by atoms with van der Waals surface area (Å²) in [5, 5.41) is 3.61. The van der Waals surface area contributed by atoms with Crippen LogP contribution >= 0.6 is 11.6 Å². The number of imidazole rings is 1. The normalized spacial score (nSPS) is 10.8. The number of hydrogen-bond donors (Lipinski definition) is 2. The van der Waals surface area contributed by atoms with Crippen molar-refractivity contribution >= 4 is 28.6 Å². The molecular formula is C14H13ClN4O. The number of benzene rings is 1. The first-order chi connectivity index (χ1) is 9.71. The van der Waals surface area contributed by atoms with E-state index in [0.717, 1.165) is 16.9 Å². The minimum Gasteiger partial charge on any atom is -0.496 e. The Labute approximate surface area is 121 Å². The number of ether oxygens (including phenoxy) is 1. The Morgan fingerprint density at radius 2 is 2.05 bits per heavy atom. The standard InChI is InChI=1S/C14H13ClN4O/c1-16-12-6-5-10-14(18-12)19-13(17-10)9-4-3-8(15)7-11(9)20-2/h3-7H,1-2H3,(H2,16,17,18,19). The average molecular weight is 289 g/mol. The number of aromatic nitrogens is 3. The third-order valence-electron chi connectivity index (χ3n) is 3.02. The fourth-order valence-corrected chi connectivity index (χ4v) is 2.18. The fraction of sp³-hybridized carbons (Fsp3) is 0.143. The van der Waals surface area contributed by atoms with Crippen LogP contribution in [-0.4, -0.2) is 29.1 Å². The van der Waals surface area contributed by atoms with E-state index in [1.54, 1.807) is 19.2 Å². The van der Waals surface area contributed by atoms with Crippen molar-refractivity contribution in [3.63, 3.8) is 0 Å². The minimum absolute atomic E-state index is 0.623. The fourth-order valence-electron chi connectivity index (χ4n) is 2.02. The van der Waals surface area contributed by atoms with Gasteiger partial charge in [0.1, 0.15) is 17.4 Å². The summed E-state index contributed by atoms with van der Waals surface area (Å²) in [6.45, 7) is 0. The molecule has 0 spiro atoms. The van der Waals surface area contributed by atoms with Crippen LogP contribution in [0.25, 0.3) is 22.6 Å². The van der Waals surface area contributed by atoms with E-state index < -0.39 is 0 Å². The van der Waals surface area contributed by atoms with E-state index >= 15 is 0 Å². The van der Waals surface area contributed by atoms with Gasteiger partial charge in [0.15, 0.2) is 5.65 Å². The number of halogens is 1. The van der Waals surface area contributed by atoms with Gasteiger partial charge in [0, 0.05) is 12.1 Å². The van der Waals surface area contributed by atoms with Gasteiger partial charge in [-0.05, 0) is 30.3 Å². The van der Waals surface area contributed by atoms with Gasteiger partial charge in [0.2, 0.25) is 0 Å². The lowest BCUT2D eigenvalue weighted by Gasteiger charge is -2.05. The van der Waals surface area contributed by atoms with Crippen LogP contribution in [0.3, 0.4) is 0 Å². The van der Waals surface area contributed by atoms with Crippen LogP contribution in [0.4, 0.5) is 5.82 Å². The number of anilines is 1. The Bertz CT molecular complexity index is 769. The molecule has 20 heavy (non-hydrogen) atoms. The van der Waals surface area contributed by atoms with Gasteiger partial charge >= 0.3 is 0 Å². The number of aromatic amines is 1. The van der Waals surface area contributed by atoms with E-state index in [9.17, 15) is 0 Å². The molecule has 2 heterocycles. The highest BCUT2D eigenvalue weighted by Crippen LogP contribution is 2.31. The molecule has 2 aromatic heterocycles. The third kappa shape index (κ3) is 2.16. The first kappa shape index (κ1) is 12.7. The number of nitrogens with one attached hydrogen (secondary N) is 2. The predicted molar refractivity (Wildman–Crippen MR) is 80.4 cm³/mol. The van der Waals surface area contributed by atoms with E-state index in [1.165, 1.54) is 0 Å². The Morgan fingerprint density at radius 3 is 2.80 bits per heavy atom. The molecule has 102 valence electrons. The van der Waals surface area contributed by atoms with Gasteiger partial charge in [-0.15, -0.1) is 0 Å². The molecule has 3 aromatic rings. The molecule has 0 bridgehead atoms. The molecule has 1 aromatic carbocycles. The molecule has 0 unspecified atom stereocenters. The van der Waals surface area contributed by atoms with Gasteiger partial charge in [0.25, 0.3) is 0 Å². The topological polar surface area (TPSA) is 62.8 Å². The quantitative estimate of drug-likeness (QED) is 0.776. The van der Waals surface area contributed by atoms with Gasteiger partial charge in [-0.3, -0.25) is 0 Å². The van der Waals surface area contributed by atoms with Crippen molar-refractivity contribution in [1.29, 1.82) is 0 Å². The summed E-state index contributed by atoms with van der Waals surface area (Å²) in [5.41, 5.74) is 2.38. The molecule has 0 atom stereocenters. The van der Waals surface area contributed by atoms with E-state index in [0.29, 0.717) is 22.2 Å². The molecule has 0 aliphatic rings. The molecule has 0 aliphatic heterocycles. The lowest BCUT2D eigenvalue weighted by atomic mass is 10.2. The van der Waals surface area contributed by atoms with Crippen LogP contribution in [0.2, 0.25) is 5.02 Å². The zero-order valence-corrected chi connectivity index (χ0v) is 11.8. The molecule has 0 radical (unpaired) electrons. The predicted octanol–water partition coefficient (Wildman–Crippen LogP) is 3.33. The minimum atomic E-state index is 0.623. The van der Waals surface area contributed by atoms with E-state index in [4.69, 9.17) is 16.3 Å². The summed E-state index contributed by atoms with van der Waals surface area (Å²) < 4.78 is 5.34. The highest BCUT2D eigenvalue weighted by Gasteiger charge is 2.12. The lowest BCUT2D eigenvalue weighted by molar-refractivity contribution is 0.416. The molecular weight excluding hydrogens is 276 g/mol. The van der Waals surface area contributed by atoms with E-state index in [1.807, 2.05) is 25.2 Å². The van der Waals surface area contributed by atoms with Gasteiger partial charge in [-0.1, -0.05) is 11.6 Å². The Kier molecular flexibility index (Phi) is 3.20. The molecule has 0 saturated carbocycles. The highest BCUT2D eigenvalue weighted by atomic mass is 35.5. The molecule has 3 rings (SSSR count). The van der Waals surface area contributed by atoms with Gasteiger partial charge in [-0.25, -0.2) is 9.97 Å². The summed E-state index contributed by atoms with van der Waals surface area (Å²) in [4.78, 5) is 12.1. The molecule has 0 aliphatic carbocycles. The maximum atomic E-state index is 5.97. The first-order valence-electron chi connectivity index (χ1n) is 6.09. The summed E-state index contributed by atoms with van der Waals surface area (Å²) in [6, 6.07) is 9.27. The molecule has 0 amide bonds. The molecule has 5 nitrogen and oxygen atoms in total. The van der Waals surface area contributed by atoms with Gasteiger partial charge < -0.3 is 15.0 Å². The summed E-state index contributed by atoms with van der Waals surface area (Å²) in [7, 11) is 3.43. The van der Waals surface area contributed by atoms with Crippen LogP contribution in [0.1, 0.15) is 0 Å². The molecule has 2 N–H and O–H groups in total. The summed E-state index contributed by atoms with van der Waals surface area (Å²) >= 11 is 5.97. The third-order valence-corrected chi connectivity index (χ3v) is 3.26. The second kappa shape index (κ2) is 5.02. The number of hydrogen-bond acceptors (Lipinski definition) is 4. The van der Waals surface area contributed by atoms with Crippen molar-refractivity contribution in [2.75, 3.05) is 19.5 Å². The maximum absolute atomic E-state index is 5.97. The number of fused-ring (bicyclic) bond motifs is 1. The van der Waals surface area contributed by atoms with Crippen LogP contribution in [0, 0.1) is 0 Å².